The van der Waals surface area contributed by atoms with Crippen molar-refractivity contribution >= 4 is 29.0 Å². The molecular formula is C23H22FNO4S. The average Bonchev–Trinajstić information content (AvgIpc) is 3.00. The molecule has 0 aliphatic carbocycles. The van der Waals surface area contributed by atoms with Crippen molar-refractivity contribution < 1.29 is 23.5 Å². The van der Waals surface area contributed by atoms with E-state index < -0.39 is 0 Å². The third-order valence-corrected chi connectivity index (χ3v) is 5.43. The first-order chi connectivity index (χ1) is 14.5. The maximum Gasteiger partial charge on any atom is 0.293 e. The van der Waals surface area contributed by atoms with Crippen molar-refractivity contribution in [3.63, 3.8) is 0 Å². The number of amides is 2. The van der Waals surface area contributed by atoms with E-state index in [1.807, 2.05) is 6.07 Å². The van der Waals surface area contributed by atoms with Gasteiger partial charge in [0.15, 0.2) is 11.5 Å². The van der Waals surface area contributed by atoms with Crippen LogP contribution in [-0.4, -0.2) is 29.7 Å². The number of halogens is 1. The fourth-order valence-electron chi connectivity index (χ4n) is 3.05. The zero-order valence-corrected chi connectivity index (χ0v) is 17.6. The number of nitrogens with zero attached hydrogens (tertiary/aromatic N) is 1. The highest BCUT2D eigenvalue weighted by molar-refractivity contribution is 8.18. The summed E-state index contributed by atoms with van der Waals surface area (Å²) in [6.07, 6.45) is 3.95. The summed E-state index contributed by atoms with van der Waals surface area (Å²) in [4.78, 5) is 25.9. The van der Waals surface area contributed by atoms with Gasteiger partial charge in [-0.05, 0) is 66.6 Å². The van der Waals surface area contributed by atoms with Crippen LogP contribution >= 0.6 is 11.8 Å². The molecule has 1 aliphatic heterocycles. The Balaban J connectivity index is 1.92. The van der Waals surface area contributed by atoms with Gasteiger partial charge in [-0.2, -0.15) is 0 Å². The normalized spacial score (nSPS) is 15.0. The fraction of sp³-hybridized carbons (Fsp3) is 0.217. The largest absolute Gasteiger partial charge is 0.493 e. The molecule has 1 fully saturated rings. The van der Waals surface area contributed by atoms with Crippen LogP contribution in [0.1, 0.15) is 23.6 Å². The number of allylic oxidation sites excluding steroid dienone is 1. The minimum Gasteiger partial charge on any atom is -0.493 e. The number of carbonyl (C=O) groups is 2. The summed E-state index contributed by atoms with van der Waals surface area (Å²) in [6, 6.07) is 9.72. The Hall–Kier alpha value is -3.06. The lowest BCUT2D eigenvalue weighted by Gasteiger charge is -2.16. The summed E-state index contributed by atoms with van der Waals surface area (Å²) in [5.74, 6) is 0.451. The molecule has 1 saturated heterocycles. The minimum atomic E-state index is -0.305. The summed E-state index contributed by atoms with van der Waals surface area (Å²) >= 11 is 0.922. The van der Waals surface area contributed by atoms with E-state index in [2.05, 4.69) is 6.58 Å². The first kappa shape index (κ1) is 21.6. The van der Waals surface area contributed by atoms with Crippen molar-refractivity contribution in [2.45, 2.75) is 20.0 Å². The Morgan fingerprint density at radius 2 is 1.93 bits per heavy atom. The number of likely N-dealkylation sites (N-methyl/N-ethyl adjacent to an activating group) is 1. The van der Waals surface area contributed by atoms with Gasteiger partial charge in [-0.3, -0.25) is 14.5 Å². The number of hydrogen-bond donors (Lipinski definition) is 0. The van der Waals surface area contributed by atoms with E-state index >= 15 is 0 Å². The number of methoxy groups -OCH3 is 1. The van der Waals surface area contributed by atoms with E-state index in [1.165, 1.54) is 24.1 Å². The molecule has 156 valence electrons. The number of carbonyl (C=O) groups excluding carboxylic acids is 2. The lowest BCUT2D eigenvalue weighted by molar-refractivity contribution is -0.122. The number of thioether (sulfide) groups is 1. The Morgan fingerprint density at radius 3 is 2.53 bits per heavy atom. The van der Waals surface area contributed by atoms with E-state index in [-0.39, 0.29) is 23.6 Å². The molecular weight excluding hydrogens is 405 g/mol. The predicted octanol–water partition coefficient (Wildman–Crippen LogP) is 5.20. The van der Waals surface area contributed by atoms with E-state index in [4.69, 9.17) is 9.47 Å². The van der Waals surface area contributed by atoms with Crippen LogP contribution in [0.2, 0.25) is 0 Å². The van der Waals surface area contributed by atoms with Crippen LogP contribution in [0.25, 0.3) is 6.08 Å². The molecule has 2 amide bonds. The topological polar surface area (TPSA) is 55.8 Å². The highest BCUT2D eigenvalue weighted by Crippen LogP contribution is 2.37. The van der Waals surface area contributed by atoms with E-state index in [1.54, 1.807) is 37.3 Å². The van der Waals surface area contributed by atoms with Crippen LogP contribution < -0.4 is 9.47 Å². The molecule has 0 spiro atoms. The van der Waals surface area contributed by atoms with Crippen LogP contribution in [0, 0.1) is 5.82 Å². The van der Waals surface area contributed by atoms with E-state index in [9.17, 15) is 14.0 Å². The third-order valence-electron chi connectivity index (χ3n) is 4.52. The highest BCUT2D eigenvalue weighted by Gasteiger charge is 2.33. The molecule has 0 atom stereocenters. The number of benzene rings is 2. The van der Waals surface area contributed by atoms with Crippen LogP contribution in [0.4, 0.5) is 9.18 Å². The Morgan fingerprint density at radius 1 is 1.20 bits per heavy atom. The molecule has 0 aromatic heterocycles. The first-order valence-corrected chi connectivity index (χ1v) is 10.2. The van der Waals surface area contributed by atoms with E-state index in [0.29, 0.717) is 29.4 Å². The molecule has 0 radical (unpaired) electrons. The Kier molecular flexibility index (Phi) is 6.95. The summed E-state index contributed by atoms with van der Waals surface area (Å²) in [5, 5.41) is -0.272. The van der Waals surface area contributed by atoms with Gasteiger partial charge in [0.1, 0.15) is 12.4 Å². The van der Waals surface area contributed by atoms with Gasteiger partial charge >= 0.3 is 0 Å². The lowest BCUT2D eigenvalue weighted by Crippen LogP contribution is -2.27. The smallest absolute Gasteiger partial charge is 0.293 e. The van der Waals surface area contributed by atoms with Crippen LogP contribution in [-0.2, 0) is 17.8 Å². The molecule has 30 heavy (non-hydrogen) atoms. The summed E-state index contributed by atoms with van der Waals surface area (Å²) < 4.78 is 24.6. The molecule has 0 bridgehead atoms. The molecule has 5 nitrogen and oxygen atoms in total. The van der Waals surface area contributed by atoms with Gasteiger partial charge in [0.05, 0.1) is 12.0 Å². The maximum absolute atomic E-state index is 13.1. The average molecular weight is 427 g/mol. The standard InChI is InChI=1S/C23H22FNO4S/c1-4-6-17-11-16(13-20-22(26)25(5-2)23(27)30-20)12-19(28-3)21(17)29-14-15-7-9-18(24)10-8-15/h4,7-13H,1,5-6,14H2,2-3H3/b20-13+. The summed E-state index contributed by atoms with van der Waals surface area (Å²) in [6.45, 7) is 6.14. The number of hydrogen-bond acceptors (Lipinski definition) is 5. The molecule has 1 aliphatic rings. The SMILES string of the molecule is C=CCc1cc(/C=C2/SC(=O)N(CC)C2=O)cc(OC)c1OCc1ccc(F)cc1. The van der Waals surface area contributed by atoms with Crippen molar-refractivity contribution in [3.05, 3.63) is 76.5 Å². The molecule has 0 unspecified atom stereocenters. The van der Waals surface area contributed by atoms with Gasteiger partial charge in [-0.1, -0.05) is 18.2 Å². The minimum absolute atomic E-state index is 0.246. The van der Waals surface area contributed by atoms with Crippen molar-refractivity contribution in [2.24, 2.45) is 0 Å². The molecule has 1 heterocycles. The maximum atomic E-state index is 13.1. The van der Waals surface area contributed by atoms with Gasteiger partial charge in [0.25, 0.3) is 11.1 Å². The van der Waals surface area contributed by atoms with Gasteiger partial charge in [-0.15, -0.1) is 6.58 Å². The third kappa shape index (κ3) is 4.74. The van der Waals surface area contributed by atoms with E-state index in [0.717, 1.165) is 28.5 Å². The predicted molar refractivity (Wildman–Crippen MR) is 116 cm³/mol. The summed E-state index contributed by atoms with van der Waals surface area (Å²) in [5.41, 5.74) is 2.37. The van der Waals surface area contributed by atoms with Crippen molar-refractivity contribution in [2.75, 3.05) is 13.7 Å². The van der Waals surface area contributed by atoms with Crippen LogP contribution in [0.3, 0.4) is 0 Å². The zero-order chi connectivity index (χ0) is 21.7. The Labute approximate surface area is 179 Å². The van der Waals surface area contributed by atoms with Gasteiger partial charge < -0.3 is 9.47 Å². The van der Waals surface area contributed by atoms with Gasteiger partial charge in [-0.25, -0.2) is 4.39 Å². The number of ether oxygens (including phenoxy) is 2. The molecule has 2 aromatic carbocycles. The molecule has 2 aromatic rings. The van der Waals surface area contributed by atoms with Crippen LogP contribution in [0.5, 0.6) is 11.5 Å². The molecule has 0 N–H and O–H groups in total. The fourth-order valence-corrected chi connectivity index (χ4v) is 3.95. The second kappa shape index (κ2) is 9.63. The monoisotopic (exact) mass is 427 g/mol. The highest BCUT2D eigenvalue weighted by atomic mass is 32.2. The quantitative estimate of drug-likeness (QED) is 0.428. The van der Waals surface area contributed by atoms with Crippen molar-refractivity contribution in [1.82, 2.24) is 4.90 Å². The summed E-state index contributed by atoms with van der Waals surface area (Å²) in [7, 11) is 1.53. The van der Waals surface area contributed by atoms with Gasteiger partial charge in [0.2, 0.25) is 0 Å². The Bertz CT molecular complexity index is 1000. The van der Waals surface area contributed by atoms with Crippen LogP contribution in [0.15, 0.2) is 54.0 Å². The van der Waals surface area contributed by atoms with Crippen molar-refractivity contribution in [3.8, 4) is 11.5 Å². The molecule has 0 saturated carbocycles. The second-order valence-corrected chi connectivity index (χ2v) is 7.54. The zero-order valence-electron chi connectivity index (χ0n) is 16.8. The number of imide groups is 1. The molecule has 7 heteroatoms. The second-order valence-electron chi connectivity index (χ2n) is 6.55. The molecule has 3 rings (SSSR count). The number of rotatable bonds is 8. The first-order valence-electron chi connectivity index (χ1n) is 9.41. The van der Waals surface area contributed by atoms with Crippen molar-refractivity contribution in [1.29, 1.82) is 0 Å². The lowest BCUT2D eigenvalue weighted by atomic mass is 10.0. The van der Waals surface area contributed by atoms with Gasteiger partial charge in [0, 0.05) is 12.1 Å².